The van der Waals surface area contributed by atoms with E-state index in [0.717, 1.165) is 17.7 Å². The Kier molecular flexibility index (Phi) is 9.37. The average molecular weight is 564 g/mol. The average Bonchev–Trinajstić information content (AvgIpc) is 3.02. The first kappa shape index (κ1) is 28.1. The van der Waals surface area contributed by atoms with E-state index >= 15 is 0 Å². The van der Waals surface area contributed by atoms with Gasteiger partial charge < -0.3 is 0 Å². The van der Waals surface area contributed by atoms with Crippen LogP contribution in [0.4, 0.5) is 0 Å². The van der Waals surface area contributed by atoms with E-state index in [0.29, 0.717) is 0 Å². The lowest BCUT2D eigenvalue weighted by molar-refractivity contribution is 0.508. The van der Waals surface area contributed by atoms with Gasteiger partial charge in [-0.15, -0.1) is 0 Å². The molecule has 2 saturated carbocycles. The van der Waals surface area contributed by atoms with Gasteiger partial charge in [0.15, 0.2) is 0 Å². The molecule has 0 heterocycles. The highest BCUT2D eigenvalue weighted by atomic mass is 32.1. The van der Waals surface area contributed by atoms with E-state index in [2.05, 4.69) is 105 Å². The molecular formula is C38H45P2. The highest BCUT2D eigenvalue weighted by Gasteiger charge is 2.43. The normalized spacial score (nSPS) is 20.9. The van der Waals surface area contributed by atoms with Crippen molar-refractivity contribution < 1.29 is 0 Å². The second kappa shape index (κ2) is 13.3. The van der Waals surface area contributed by atoms with Crippen LogP contribution in [0.2, 0.25) is 0 Å². The predicted octanol–water partition coefficient (Wildman–Crippen LogP) is 11.8. The molecule has 3 aromatic rings. The van der Waals surface area contributed by atoms with Gasteiger partial charge in [0.05, 0.1) is 0 Å². The number of aryl methyl sites for hydroxylation is 1. The fraction of sp³-hybridized carbons (Fsp3) is 0.395. The van der Waals surface area contributed by atoms with Gasteiger partial charge in [-0.1, -0.05) is 137 Å². The molecule has 40 heavy (non-hydrogen) atoms. The summed E-state index contributed by atoms with van der Waals surface area (Å²) in [5, 5.41) is 1.68. The van der Waals surface area contributed by atoms with Crippen molar-refractivity contribution in [2.75, 3.05) is 0 Å². The highest BCUT2D eigenvalue weighted by molar-refractivity contribution is 8.34. The maximum Gasteiger partial charge on any atom is 0.0384 e. The largest absolute Gasteiger partial charge is 0.0830 e. The molecule has 3 aliphatic carbocycles. The van der Waals surface area contributed by atoms with Crippen molar-refractivity contribution in [2.24, 2.45) is 0 Å². The highest BCUT2D eigenvalue weighted by Crippen LogP contribution is 2.83. The third kappa shape index (κ3) is 6.10. The Labute approximate surface area is 245 Å². The van der Waals surface area contributed by atoms with E-state index < -0.39 is 0 Å². The van der Waals surface area contributed by atoms with Gasteiger partial charge in [-0.05, 0) is 104 Å². The molecule has 0 aromatic heterocycles. The minimum Gasteiger partial charge on any atom is -0.0830 e. The Morgan fingerprint density at radius 3 is 1.80 bits per heavy atom. The van der Waals surface area contributed by atoms with Gasteiger partial charge in [0.2, 0.25) is 0 Å². The standard InChI is InChI=1S/C38H45P2/c1-29-15-12-13-23-36(29)38-30(2)16-14-24-37(38)40(34-21-10-5-11-22-34)39(33-19-8-4-9-20-33)35-27-25-32(26-28-35)31-17-6-3-7-18-31/h3,6-7,12-18,23,25-28,33-34H,4-5,8-11,19-22,24H2,1-2H3/t39-,40+/m1/s1. The first-order chi connectivity index (χ1) is 19.7. The van der Waals surface area contributed by atoms with Gasteiger partial charge in [0.1, 0.15) is 0 Å². The molecule has 3 aliphatic rings. The minimum atomic E-state index is -0.253. The number of hydrogen-bond acceptors (Lipinski definition) is 0. The molecule has 0 bridgehead atoms. The van der Waals surface area contributed by atoms with Gasteiger partial charge in [0, 0.05) is 5.66 Å². The summed E-state index contributed by atoms with van der Waals surface area (Å²) in [4.78, 5) is 0. The molecule has 3 aromatic carbocycles. The van der Waals surface area contributed by atoms with E-state index in [1.165, 1.54) is 92.0 Å². The lowest BCUT2D eigenvalue weighted by Crippen LogP contribution is -2.23. The molecule has 2 heteroatoms. The zero-order chi connectivity index (χ0) is 27.3. The maximum absolute atomic E-state index is 2.56. The summed E-state index contributed by atoms with van der Waals surface area (Å²) in [5.74, 6) is 0. The number of rotatable bonds is 7. The second-order valence-electron chi connectivity index (χ2n) is 12.1. The summed E-state index contributed by atoms with van der Waals surface area (Å²) in [5.41, 5.74) is 12.3. The van der Waals surface area contributed by atoms with Crippen LogP contribution in [-0.4, -0.2) is 11.3 Å². The summed E-state index contributed by atoms with van der Waals surface area (Å²) in [6.45, 7) is 4.70. The van der Waals surface area contributed by atoms with E-state index in [-0.39, 0.29) is 15.2 Å². The number of benzene rings is 3. The van der Waals surface area contributed by atoms with Crippen molar-refractivity contribution in [3.63, 3.8) is 0 Å². The molecule has 0 saturated heterocycles. The number of hydrogen-bond donors (Lipinski definition) is 0. The summed E-state index contributed by atoms with van der Waals surface area (Å²) in [6.07, 6.45) is 20.4. The predicted molar refractivity (Wildman–Crippen MR) is 180 cm³/mol. The summed E-state index contributed by atoms with van der Waals surface area (Å²) >= 11 is 0. The van der Waals surface area contributed by atoms with Gasteiger partial charge in [-0.2, -0.15) is 0 Å². The Morgan fingerprint density at radius 2 is 1.15 bits per heavy atom. The van der Waals surface area contributed by atoms with Crippen LogP contribution < -0.4 is 5.30 Å². The van der Waals surface area contributed by atoms with Crippen molar-refractivity contribution in [2.45, 2.75) is 95.8 Å². The SMILES string of the molecule is CC1=C(c2ccccc2C)[C]([P@](C2CCCCC2)[P@@](c2ccc(-c3ccccc3)cc2)C2CCCCC2)CC=C1. The molecule has 0 unspecified atom stereocenters. The van der Waals surface area contributed by atoms with Crippen LogP contribution in [0.3, 0.4) is 0 Å². The number of allylic oxidation sites excluding steroid dienone is 4. The Morgan fingerprint density at radius 1 is 0.575 bits per heavy atom. The quantitative estimate of drug-likeness (QED) is 0.251. The molecule has 0 spiro atoms. The first-order valence-electron chi connectivity index (χ1n) is 15.7. The second-order valence-corrected chi connectivity index (χ2v) is 18.6. The van der Waals surface area contributed by atoms with Gasteiger partial charge in [-0.3, -0.25) is 0 Å². The fourth-order valence-electron chi connectivity index (χ4n) is 7.32. The molecule has 0 amide bonds. The topological polar surface area (TPSA) is 0 Å². The van der Waals surface area contributed by atoms with Crippen LogP contribution in [0.15, 0.2) is 96.6 Å². The molecule has 2 atom stereocenters. The summed E-state index contributed by atoms with van der Waals surface area (Å²) < 4.78 is 0. The zero-order valence-electron chi connectivity index (χ0n) is 24.5. The van der Waals surface area contributed by atoms with Crippen molar-refractivity contribution in [1.29, 1.82) is 0 Å². The smallest absolute Gasteiger partial charge is 0.0384 e. The third-order valence-electron chi connectivity index (χ3n) is 9.37. The minimum absolute atomic E-state index is 0.250. The van der Waals surface area contributed by atoms with Crippen LogP contribution in [0.1, 0.15) is 88.7 Å². The molecule has 0 nitrogen and oxygen atoms in total. The molecule has 0 N–H and O–H groups in total. The van der Waals surface area contributed by atoms with Gasteiger partial charge in [-0.25, -0.2) is 0 Å². The van der Waals surface area contributed by atoms with Gasteiger partial charge in [0.25, 0.3) is 0 Å². The summed E-state index contributed by atoms with van der Waals surface area (Å²) in [6, 6.07) is 30.1. The Hall–Kier alpha value is -2.00. The van der Waals surface area contributed by atoms with E-state index in [1.807, 2.05) is 5.66 Å². The maximum atomic E-state index is 2.56. The van der Waals surface area contributed by atoms with Crippen molar-refractivity contribution in [3.8, 4) is 11.1 Å². The van der Waals surface area contributed by atoms with Crippen LogP contribution in [0.5, 0.6) is 0 Å². The first-order valence-corrected chi connectivity index (χ1v) is 19.3. The van der Waals surface area contributed by atoms with Gasteiger partial charge >= 0.3 is 0 Å². The Bertz CT molecular complexity index is 1310. The summed E-state index contributed by atoms with van der Waals surface area (Å²) in [7, 11) is -0.503. The molecule has 2 fully saturated rings. The van der Waals surface area contributed by atoms with E-state index in [4.69, 9.17) is 0 Å². The lowest BCUT2D eigenvalue weighted by Gasteiger charge is -2.47. The monoisotopic (exact) mass is 563 g/mol. The van der Waals surface area contributed by atoms with Crippen LogP contribution in [0.25, 0.3) is 16.7 Å². The fourth-order valence-corrected chi connectivity index (χ4v) is 18.3. The third-order valence-corrected chi connectivity index (χ3v) is 18.8. The van der Waals surface area contributed by atoms with Crippen molar-refractivity contribution in [3.05, 3.63) is 113 Å². The van der Waals surface area contributed by atoms with Crippen LogP contribution in [0, 0.1) is 12.6 Å². The molecule has 207 valence electrons. The van der Waals surface area contributed by atoms with Crippen molar-refractivity contribution in [1.82, 2.24) is 0 Å². The van der Waals surface area contributed by atoms with Crippen LogP contribution >= 0.6 is 15.2 Å². The van der Waals surface area contributed by atoms with Crippen molar-refractivity contribution >= 4 is 26.1 Å². The van der Waals surface area contributed by atoms with E-state index in [9.17, 15) is 0 Å². The van der Waals surface area contributed by atoms with Crippen LogP contribution in [-0.2, 0) is 0 Å². The molecular weight excluding hydrogens is 518 g/mol. The molecule has 1 radical (unpaired) electrons. The molecule has 6 rings (SSSR count). The lowest BCUT2D eigenvalue weighted by atomic mass is 9.89. The Balaban J connectivity index is 1.46. The molecule has 0 aliphatic heterocycles. The zero-order valence-corrected chi connectivity index (χ0v) is 26.3. The van der Waals surface area contributed by atoms with E-state index in [1.54, 1.807) is 10.9 Å².